The molecule has 120 valence electrons. The number of hydrogen-bond acceptors (Lipinski definition) is 4. The Balaban J connectivity index is 2.36. The Labute approximate surface area is 128 Å². The molecule has 22 heavy (non-hydrogen) atoms. The summed E-state index contributed by atoms with van der Waals surface area (Å²) in [4.78, 5) is 30.2. The van der Waals surface area contributed by atoms with E-state index in [1.54, 1.807) is 4.57 Å². The third-order valence-electron chi connectivity index (χ3n) is 4.47. The summed E-state index contributed by atoms with van der Waals surface area (Å²) in [6, 6.07) is -0.0632. The second-order valence-electron chi connectivity index (χ2n) is 5.86. The molecule has 1 aliphatic rings. The van der Waals surface area contributed by atoms with Crippen molar-refractivity contribution in [3.8, 4) is 0 Å². The number of nitrogens with one attached hydrogen (secondary N) is 1. The molecule has 0 aliphatic carbocycles. The van der Waals surface area contributed by atoms with Crippen LogP contribution in [0, 0.1) is 0 Å². The smallest absolute Gasteiger partial charge is 0.325 e. The molecule has 0 aromatic carbocycles. The first-order valence-corrected chi connectivity index (χ1v) is 8.01. The van der Waals surface area contributed by atoms with E-state index in [0.717, 1.165) is 31.6 Å². The van der Waals surface area contributed by atoms with Crippen molar-refractivity contribution < 1.29 is 0 Å². The lowest BCUT2D eigenvalue weighted by atomic mass is 10.2. The summed E-state index contributed by atoms with van der Waals surface area (Å²) < 4.78 is 4.89. The van der Waals surface area contributed by atoms with Gasteiger partial charge in [-0.05, 0) is 26.3 Å². The molecule has 7 nitrogen and oxygen atoms in total. The molecule has 0 saturated carbocycles. The fourth-order valence-corrected chi connectivity index (χ4v) is 3.29. The van der Waals surface area contributed by atoms with Crippen molar-refractivity contribution in [1.82, 2.24) is 24.0 Å². The lowest BCUT2D eigenvalue weighted by Gasteiger charge is -2.14. The van der Waals surface area contributed by atoms with Gasteiger partial charge in [0.2, 0.25) is 0 Å². The fraction of sp³-hybridized carbons (Fsp3) is 0.667. The average Bonchev–Trinajstić information content (AvgIpc) is 3.10. The van der Waals surface area contributed by atoms with Crippen LogP contribution >= 0.6 is 0 Å². The van der Waals surface area contributed by atoms with Crippen molar-refractivity contribution in [3.63, 3.8) is 0 Å². The molecular formula is C15H23N5O2. The quantitative estimate of drug-likeness (QED) is 0.887. The van der Waals surface area contributed by atoms with Gasteiger partial charge in [-0.2, -0.15) is 0 Å². The molecule has 1 saturated heterocycles. The molecular weight excluding hydrogens is 282 g/mol. The van der Waals surface area contributed by atoms with Gasteiger partial charge in [0.15, 0.2) is 11.2 Å². The highest BCUT2D eigenvalue weighted by atomic mass is 16.2. The van der Waals surface area contributed by atoms with Crippen molar-refractivity contribution in [2.24, 2.45) is 7.05 Å². The van der Waals surface area contributed by atoms with Crippen LogP contribution in [-0.4, -0.2) is 31.8 Å². The van der Waals surface area contributed by atoms with Crippen LogP contribution in [0.1, 0.15) is 38.6 Å². The number of aromatic nitrogens is 4. The van der Waals surface area contributed by atoms with Crippen LogP contribution in [0.5, 0.6) is 0 Å². The van der Waals surface area contributed by atoms with Gasteiger partial charge in [0.25, 0.3) is 5.56 Å². The lowest BCUT2D eigenvalue weighted by molar-refractivity contribution is 0.483. The van der Waals surface area contributed by atoms with E-state index >= 15 is 0 Å². The summed E-state index contributed by atoms with van der Waals surface area (Å²) in [5.41, 5.74) is 0.605. The number of aryl methyl sites for hydroxylation is 3. The molecule has 0 spiro atoms. The SMILES string of the molecule is CCCc1nc2c(c(=O)n(C3CCNC3)c(=O)n2CC)n1C. The van der Waals surface area contributed by atoms with Gasteiger partial charge in [-0.1, -0.05) is 6.92 Å². The Morgan fingerprint density at radius 1 is 1.32 bits per heavy atom. The maximum absolute atomic E-state index is 12.9. The topological polar surface area (TPSA) is 73.8 Å². The predicted molar refractivity (Wildman–Crippen MR) is 85.4 cm³/mol. The van der Waals surface area contributed by atoms with Crippen LogP contribution in [0.3, 0.4) is 0 Å². The molecule has 0 bridgehead atoms. The normalized spacial score (nSPS) is 18.4. The van der Waals surface area contributed by atoms with Gasteiger partial charge < -0.3 is 9.88 Å². The highest BCUT2D eigenvalue weighted by molar-refractivity contribution is 5.71. The number of hydrogen-bond donors (Lipinski definition) is 1. The van der Waals surface area contributed by atoms with Gasteiger partial charge in [0.1, 0.15) is 5.82 Å². The Bertz CT molecular complexity index is 808. The molecule has 2 aromatic rings. The molecule has 1 unspecified atom stereocenters. The molecule has 7 heteroatoms. The largest absolute Gasteiger partial charge is 0.333 e. The third-order valence-corrected chi connectivity index (χ3v) is 4.47. The van der Waals surface area contributed by atoms with Crippen molar-refractivity contribution in [2.75, 3.05) is 13.1 Å². The first kappa shape index (κ1) is 15.0. The van der Waals surface area contributed by atoms with Crippen LogP contribution in [-0.2, 0) is 20.0 Å². The summed E-state index contributed by atoms with van der Waals surface area (Å²) in [6.07, 6.45) is 2.56. The molecule has 1 fully saturated rings. The zero-order chi connectivity index (χ0) is 15.9. The standard InChI is InChI=1S/C15H23N5O2/c1-4-6-11-17-13-12(18(11)3)14(21)20(10-7-8-16-9-10)15(22)19(13)5-2/h10,16H,4-9H2,1-3H3. The molecule has 2 aromatic heterocycles. The Morgan fingerprint density at radius 3 is 2.68 bits per heavy atom. The molecule has 1 atom stereocenters. The minimum absolute atomic E-state index is 0.0632. The number of nitrogens with zero attached hydrogens (tertiary/aromatic N) is 4. The second-order valence-corrected chi connectivity index (χ2v) is 5.86. The van der Waals surface area contributed by atoms with Crippen LogP contribution in [0.15, 0.2) is 9.59 Å². The maximum atomic E-state index is 12.9. The molecule has 3 rings (SSSR count). The summed E-state index contributed by atoms with van der Waals surface area (Å²) >= 11 is 0. The Hall–Kier alpha value is -1.89. The molecule has 0 amide bonds. The van der Waals surface area contributed by atoms with E-state index in [1.165, 1.54) is 4.57 Å². The van der Waals surface area contributed by atoms with E-state index in [2.05, 4.69) is 17.2 Å². The van der Waals surface area contributed by atoms with E-state index in [-0.39, 0.29) is 17.3 Å². The minimum atomic E-state index is -0.241. The van der Waals surface area contributed by atoms with Crippen molar-refractivity contribution in [2.45, 2.75) is 45.7 Å². The zero-order valence-electron chi connectivity index (χ0n) is 13.4. The predicted octanol–water partition coefficient (Wildman–Crippen LogP) is 0.404. The monoisotopic (exact) mass is 305 g/mol. The van der Waals surface area contributed by atoms with E-state index in [9.17, 15) is 9.59 Å². The number of rotatable bonds is 4. The maximum Gasteiger partial charge on any atom is 0.333 e. The van der Waals surface area contributed by atoms with Gasteiger partial charge in [-0.25, -0.2) is 9.78 Å². The van der Waals surface area contributed by atoms with Crippen LogP contribution in [0.4, 0.5) is 0 Å². The highest BCUT2D eigenvalue weighted by Crippen LogP contribution is 2.15. The molecule has 1 aliphatic heterocycles. The van der Waals surface area contributed by atoms with Crippen molar-refractivity contribution in [1.29, 1.82) is 0 Å². The minimum Gasteiger partial charge on any atom is -0.325 e. The summed E-state index contributed by atoms with van der Waals surface area (Å²) in [5, 5.41) is 3.22. The molecule has 0 radical (unpaired) electrons. The van der Waals surface area contributed by atoms with E-state index in [1.807, 2.05) is 18.5 Å². The van der Waals surface area contributed by atoms with E-state index in [4.69, 9.17) is 0 Å². The van der Waals surface area contributed by atoms with Gasteiger partial charge in [-0.15, -0.1) is 0 Å². The summed E-state index contributed by atoms with van der Waals surface area (Å²) in [7, 11) is 1.86. The van der Waals surface area contributed by atoms with Gasteiger partial charge in [-0.3, -0.25) is 13.9 Å². The van der Waals surface area contributed by atoms with Crippen molar-refractivity contribution in [3.05, 3.63) is 26.7 Å². The van der Waals surface area contributed by atoms with Gasteiger partial charge in [0.05, 0.1) is 6.04 Å². The summed E-state index contributed by atoms with van der Waals surface area (Å²) in [6.45, 7) is 6.01. The second kappa shape index (κ2) is 5.72. The van der Waals surface area contributed by atoms with Crippen LogP contribution < -0.4 is 16.6 Å². The number of imidazole rings is 1. The molecule has 1 N–H and O–H groups in total. The molecule has 3 heterocycles. The fourth-order valence-electron chi connectivity index (χ4n) is 3.29. The highest BCUT2D eigenvalue weighted by Gasteiger charge is 2.25. The Kier molecular flexibility index (Phi) is 3.90. The Morgan fingerprint density at radius 2 is 2.09 bits per heavy atom. The van der Waals surface area contributed by atoms with Gasteiger partial charge >= 0.3 is 5.69 Å². The van der Waals surface area contributed by atoms with Crippen LogP contribution in [0.25, 0.3) is 11.2 Å². The lowest BCUT2D eigenvalue weighted by Crippen LogP contribution is -2.43. The van der Waals surface area contributed by atoms with Crippen LogP contribution in [0.2, 0.25) is 0 Å². The zero-order valence-corrected chi connectivity index (χ0v) is 13.4. The van der Waals surface area contributed by atoms with Gasteiger partial charge in [0, 0.05) is 26.6 Å². The van der Waals surface area contributed by atoms with Crippen molar-refractivity contribution >= 4 is 11.2 Å². The summed E-state index contributed by atoms with van der Waals surface area (Å²) in [5.74, 6) is 0.860. The van der Waals surface area contributed by atoms with E-state index in [0.29, 0.717) is 24.3 Å². The third kappa shape index (κ3) is 2.11. The van der Waals surface area contributed by atoms with E-state index < -0.39 is 0 Å². The first-order chi connectivity index (χ1) is 10.6. The number of fused-ring (bicyclic) bond motifs is 1. The first-order valence-electron chi connectivity index (χ1n) is 8.01. The average molecular weight is 305 g/mol.